The predicted molar refractivity (Wildman–Crippen MR) is 112 cm³/mol. The van der Waals surface area contributed by atoms with Crippen LogP contribution in [0, 0.1) is 11.3 Å². The number of carbonyl (C=O) groups is 1. The van der Waals surface area contributed by atoms with Crippen molar-refractivity contribution in [3.8, 4) is 11.9 Å². The van der Waals surface area contributed by atoms with Crippen LogP contribution in [-0.4, -0.2) is 22.9 Å². The van der Waals surface area contributed by atoms with E-state index in [2.05, 4.69) is 21.4 Å². The van der Waals surface area contributed by atoms with Gasteiger partial charge in [0.2, 0.25) is 5.88 Å². The maximum atomic E-state index is 13.0. The van der Waals surface area contributed by atoms with Crippen molar-refractivity contribution in [2.75, 3.05) is 12.4 Å². The number of nitriles is 1. The first-order valence-electron chi connectivity index (χ1n) is 9.07. The topological polar surface area (TPSA) is 90.8 Å². The zero-order chi connectivity index (χ0) is 20.2. The number of H-pyrrole nitrogens is 1. The Kier molecular flexibility index (Phi) is 4.95. The first-order valence-corrected chi connectivity index (χ1v) is 9.07. The van der Waals surface area contributed by atoms with Gasteiger partial charge in [0.15, 0.2) is 5.78 Å². The first-order chi connectivity index (χ1) is 14.2. The molecule has 0 atom stereocenters. The van der Waals surface area contributed by atoms with E-state index in [-0.39, 0.29) is 12.2 Å². The highest BCUT2D eigenvalue weighted by Gasteiger charge is 2.15. The Labute approximate surface area is 167 Å². The number of carbonyl (C=O) groups excluding carboxylic acids is 1. The molecular formula is C23H18N4O2. The largest absolute Gasteiger partial charge is 0.481 e. The van der Waals surface area contributed by atoms with Crippen molar-refractivity contribution >= 4 is 28.1 Å². The molecule has 2 heterocycles. The minimum Gasteiger partial charge on any atom is -0.481 e. The quantitative estimate of drug-likeness (QED) is 0.475. The summed E-state index contributed by atoms with van der Waals surface area (Å²) in [4.78, 5) is 20.2. The molecule has 0 aliphatic rings. The first kappa shape index (κ1) is 18.3. The number of benzene rings is 2. The lowest BCUT2D eigenvalue weighted by atomic mass is 10.0. The van der Waals surface area contributed by atoms with E-state index in [1.165, 1.54) is 0 Å². The summed E-state index contributed by atoms with van der Waals surface area (Å²) in [6.45, 7) is 0. The molecule has 2 aromatic heterocycles. The standard InChI is InChI=1S/C23H18N4O2/c1-29-23-12-17(8-9-25-23)27-20-5-3-2-4-16(20)11-22(28)19-14-26-21-10-15(13-24)6-7-18(19)21/h2-10,12,14,26H,11H2,1H3,(H,25,27). The molecular weight excluding hydrogens is 364 g/mol. The fourth-order valence-corrected chi connectivity index (χ4v) is 3.25. The normalized spacial score (nSPS) is 10.5. The van der Waals surface area contributed by atoms with Crippen LogP contribution < -0.4 is 10.1 Å². The highest BCUT2D eigenvalue weighted by atomic mass is 16.5. The number of hydrogen-bond donors (Lipinski definition) is 2. The summed E-state index contributed by atoms with van der Waals surface area (Å²) in [5, 5.41) is 13.2. The van der Waals surface area contributed by atoms with Crippen LogP contribution in [0.1, 0.15) is 21.5 Å². The van der Waals surface area contributed by atoms with Crippen molar-refractivity contribution in [1.29, 1.82) is 5.26 Å². The number of ether oxygens (including phenoxy) is 1. The van der Waals surface area contributed by atoms with Gasteiger partial charge in [-0.05, 0) is 29.8 Å². The number of aromatic amines is 1. The lowest BCUT2D eigenvalue weighted by Gasteiger charge is -2.12. The number of nitrogens with zero attached hydrogens (tertiary/aromatic N) is 2. The smallest absolute Gasteiger partial charge is 0.214 e. The number of fused-ring (bicyclic) bond motifs is 1. The van der Waals surface area contributed by atoms with Crippen molar-refractivity contribution < 1.29 is 9.53 Å². The van der Waals surface area contributed by atoms with Crippen LogP contribution in [0.2, 0.25) is 0 Å². The highest BCUT2D eigenvalue weighted by Crippen LogP contribution is 2.26. The monoisotopic (exact) mass is 382 g/mol. The van der Waals surface area contributed by atoms with Gasteiger partial charge in [-0.2, -0.15) is 5.26 Å². The number of para-hydroxylation sites is 1. The molecule has 4 rings (SSSR count). The average Bonchev–Trinajstić information content (AvgIpc) is 3.18. The molecule has 142 valence electrons. The van der Waals surface area contributed by atoms with Crippen LogP contribution in [-0.2, 0) is 6.42 Å². The van der Waals surface area contributed by atoms with E-state index < -0.39 is 0 Å². The SMILES string of the molecule is COc1cc(Nc2ccccc2CC(=O)c2c[nH]c3cc(C#N)ccc23)ccn1. The molecule has 2 N–H and O–H groups in total. The molecule has 0 radical (unpaired) electrons. The molecule has 4 aromatic rings. The van der Waals surface area contributed by atoms with E-state index >= 15 is 0 Å². The van der Waals surface area contributed by atoms with Gasteiger partial charge in [-0.25, -0.2) is 4.98 Å². The predicted octanol–water partition coefficient (Wildman–Crippen LogP) is 4.61. The van der Waals surface area contributed by atoms with E-state index in [9.17, 15) is 4.79 Å². The van der Waals surface area contributed by atoms with Crippen molar-refractivity contribution in [1.82, 2.24) is 9.97 Å². The minimum absolute atomic E-state index is 0.00233. The highest BCUT2D eigenvalue weighted by molar-refractivity contribution is 6.09. The fraction of sp³-hybridized carbons (Fsp3) is 0.0870. The molecule has 0 saturated heterocycles. The second-order valence-electron chi connectivity index (χ2n) is 6.54. The molecule has 0 bridgehead atoms. The zero-order valence-electron chi connectivity index (χ0n) is 15.8. The number of Topliss-reactive ketones (excluding diaryl/α,β-unsaturated/α-hetero) is 1. The van der Waals surface area contributed by atoms with Gasteiger partial charge in [-0.3, -0.25) is 4.79 Å². The van der Waals surface area contributed by atoms with E-state index in [1.807, 2.05) is 36.4 Å². The molecule has 0 aliphatic carbocycles. The van der Waals surface area contributed by atoms with Gasteiger partial charge in [-0.15, -0.1) is 0 Å². The van der Waals surface area contributed by atoms with Gasteiger partial charge in [0, 0.05) is 52.7 Å². The van der Waals surface area contributed by atoms with E-state index in [4.69, 9.17) is 10.00 Å². The number of pyridine rings is 1. The summed E-state index contributed by atoms with van der Waals surface area (Å²) in [5.74, 6) is 0.515. The number of methoxy groups -OCH3 is 1. The molecule has 0 spiro atoms. The summed E-state index contributed by atoms with van der Waals surface area (Å²) < 4.78 is 5.16. The maximum absolute atomic E-state index is 13.0. The Morgan fingerprint density at radius 1 is 1.21 bits per heavy atom. The maximum Gasteiger partial charge on any atom is 0.214 e. The van der Waals surface area contributed by atoms with E-state index in [1.54, 1.807) is 37.7 Å². The van der Waals surface area contributed by atoms with Crippen LogP contribution in [0.4, 0.5) is 11.4 Å². The van der Waals surface area contributed by atoms with Crippen LogP contribution in [0.25, 0.3) is 10.9 Å². The third kappa shape index (κ3) is 3.80. The summed E-state index contributed by atoms with van der Waals surface area (Å²) >= 11 is 0. The van der Waals surface area contributed by atoms with Gasteiger partial charge in [0.05, 0.1) is 18.7 Å². The molecule has 6 heteroatoms. The molecule has 0 aliphatic heterocycles. The summed E-state index contributed by atoms with van der Waals surface area (Å²) in [6.07, 6.45) is 3.62. The second kappa shape index (κ2) is 7.87. The third-order valence-corrected chi connectivity index (χ3v) is 4.70. The molecule has 0 unspecified atom stereocenters. The fourth-order valence-electron chi connectivity index (χ4n) is 3.25. The summed E-state index contributed by atoms with van der Waals surface area (Å²) in [7, 11) is 1.57. The van der Waals surface area contributed by atoms with E-state index in [0.717, 1.165) is 27.8 Å². The number of aromatic nitrogens is 2. The van der Waals surface area contributed by atoms with Gasteiger partial charge < -0.3 is 15.0 Å². The molecule has 29 heavy (non-hydrogen) atoms. The van der Waals surface area contributed by atoms with Crippen LogP contribution in [0.15, 0.2) is 67.0 Å². The molecule has 0 saturated carbocycles. The van der Waals surface area contributed by atoms with Gasteiger partial charge in [-0.1, -0.05) is 24.3 Å². The van der Waals surface area contributed by atoms with Crippen LogP contribution in [0.3, 0.4) is 0 Å². The van der Waals surface area contributed by atoms with Crippen molar-refractivity contribution in [2.45, 2.75) is 6.42 Å². The van der Waals surface area contributed by atoms with Crippen molar-refractivity contribution in [3.05, 3.63) is 83.7 Å². The van der Waals surface area contributed by atoms with Crippen molar-refractivity contribution in [2.24, 2.45) is 0 Å². The lowest BCUT2D eigenvalue weighted by Crippen LogP contribution is -2.05. The van der Waals surface area contributed by atoms with Crippen LogP contribution >= 0.6 is 0 Å². The number of ketones is 1. The molecule has 6 nitrogen and oxygen atoms in total. The number of nitrogens with one attached hydrogen (secondary N) is 2. The number of hydrogen-bond acceptors (Lipinski definition) is 5. The minimum atomic E-state index is 0.00233. The Morgan fingerprint density at radius 2 is 2.07 bits per heavy atom. The lowest BCUT2D eigenvalue weighted by molar-refractivity contribution is 0.0994. The Balaban J connectivity index is 1.60. The average molecular weight is 382 g/mol. The summed E-state index contributed by atoms with van der Waals surface area (Å²) in [5.41, 5.74) is 4.51. The Hall–Kier alpha value is -4.11. The molecule has 0 fully saturated rings. The van der Waals surface area contributed by atoms with Gasteiger partial charge >= 0.3 is 0 Å². The number of anilines is 2. The second-order valence-corrected chi connectivity index (χ2v) is 6.54. The Morgan fingerprint density at radius 3 is 2.90 bits per heavy atom. The van der Waals surface area contributed by atoms with Crippen LogP contribution in [0.5, 0.6) is 5.88 Å². The number of rotatable bonds is 6. The molecule has 0 amide bonds. The third-order valence-electron chi connectivity index (χ3n) is 4.70. The molecule has 2 aromatic carbocycles. The summed E-state index contributed by atoms with van der Waals surface area (Å²) in [6, 6.07) is 18.7. The van der Waals surface area contributed by atoms with Crippen molar-refractivity contribution in [3.63, 3.8) is 0 Å². The van der Waals surface area contributed by atoms with Gasteiger partial charge in [0.1, 0.15) is 0 Å². The van der Waals surface area contributed by atoms with E-state index in [0.29, 0.717) is 17.0 Å². The Bertz CT molecular complexity index is 1240. The van der Waals surface area contributed by atoms with Gasteiger partial charge in [0.25, 0.3) is 0 Å². The zero-order valence-corrected chi connectivity index (χ0v) is 15.8.